The predicted molar refractivity (Wildman–Crippen MR) is 84.1 cm³/mol. The fraction of sp³-hybridized carbons (Fsp3) is 0.412. The van der Waals surface area contributed by atoms with Crippen LogP contribution in [0.2, 0.25) is 0 Å². The van der Waals surface area contributed by atoms with Crippen molar-refractivity contribution < 1.29 is 14.6 Å². The summed E-state index contributed by atoms with van der Waals surface area (Å²) in [6.45, 7) is 5.55. The zero-order chi connectivity index (χ0) is 15.7. The lowest BCUT2D eigenvalue weighted by atomic mass is 9.98. The summed E-state index contributed by atoms with van der Waals surface area (Å²) in [5, 5.41) is 10.7. The molecule has 1 N–H and O–H groups in total. The van der Waals surface area contributed by atoms with Gasteiger partial charge >= 0.3 is 6.09 Å². The van der Waals surface area contributed by atoms with E-state index in [1.807, 2.05) is 13.0 Å². The highest BCUT2D eigenvalue weighted by Gasteiger charge is 2.22. The Morgan fingerprint density at radius 3 is 2.91 bits per heavy atom. The number of amides is 1. The second-order valence-electron chi connectivity index (χ2n) is 5.55. The molecule has 0 saturated carbocycles. The molecule has 0 fully saturated rings. The maximum atomic E-state index is 11.9. The zero-order valence-corrected chi connectivity index (χ0v) is 12.9. The van der Waals surface area contributed by atoms with E-state index in [-0.39, 0.29) is 11.8 Å². The minimum absolute atomic E-state index is 0.223. The van der Waals surface area contributed by atoms with Crippen LogP contribution in [0.5, 0.6) is 5.75 Å². The van der Waals surface area contributed by atoms with Crippen molar-refractivity contribution in [2.45, 2.75) is 26.7 Å². The first-order valence-electron chi connectivity index (χ1n) is 7.63. The maximum Gasteiger partial charge on any atom is 0.409 e. The van der Waals surface area contributed by atoms with E-state index in [2.05, 4.69) is 6.92 Å². The molecule has 0 bridgehead atoms. The summed E-state index contributed by atoms with van der Waals surface area (Å²) in [6, 6.07) is 5.28. The highest BCUT2D eigenvalue weighted by atomic mass is 16.6. The van der Waals surface area contributed by atoms with Crippen LogP contribution in [0.25, 0.3) is 10.9 Å². The van der Waals surface area contributed by atoms with Crippen molar-refractivity contribution in [1.29, 1.82) is 0 Å². The van der Waals surface area contributed by atoms with Crippen molar-refractivity contribution in [2.75, 3.05) is 19.7 Å². The van der Waals surface area contributed by atoms with Gasteiger partial charge in [-0.1, -0.05) is 0 Å². The Labute approximate surface area is 129 Å². The zero-order valence-electron chi connectivity index (χ0n) is 12.9. The Morgan fingerprint density at radius 1 is 1.36 bits per heavy atom. The van der Waals surface area contributed by atoms with E-state index < -0.39 is 0 Å². The number of aromatic nitrogens is 1. The summed E-state index contributed by atoms with van der Waals surface area (Å²) in [5.41, 5.74) is 4.22. The number of fused-ring (bicyclic) bond motifs is 2. The minimum atomic E-state index is -0.254. The van der Waals surface area contributed by atoms with Crippen molar-refractivity contribution in [3.8, 4) is 5.75 Å². The van der Waals surface area contributed by atoms with Crippen LogP contribution in [-0.4, -0.2) is 40.8 Å². The quantitative estimate of drug-likeness (QED) is 0.879. The van der Waals surface area contributed by atoms with Gasteiger partial charge in [-0.15, -0.1) is 0 Å². The maximum absolute atomic E-state index is 11.9. The largest absolute Gasteiger partial charge is 0.508 e. The molecule has 0 atom stereocenters. The van der Waals surface area contributed by atoms with Crippen LogP contribution in [0.1, 0.15) is 23.7 Å². The Morgan fingerprint density at radius 2 is 2.14 bits per heavy atom. The van der Waals surface area contributed by atoms with E-state index in [1.54, 1.807) is 17.0 Å². The average molecular weight is 300 g/mol. The highest BCUT2D eigenvalue weighted by Crippen LogP contribution is 2.28. The molecule has 0 unspecified atom stereocenters. The Hall–Kier alpha value is -2.30. The second-order valence-corrected chi connectivity index (χ2v) is 5.55. The van der Waals surface area contributed by atoms with E-state index in [4.69, 9.17) is 9.72 Å². The molecule has 0 radical (unpaired) electrons. The molecule has 1 aromatic carbocycles. The summed E-state index contributed by atoms with van der Waals surface area (Å²) in [4.78, 5) is 18.4. The molecule has 5 heteroatoms. The van der Waals surface area contributed by atoms with Gasteiger partial charge in [0, 0.05) is 36.7 Å². The fourth-order valence-corrected chi connectivity index (χ4v) is 3.06. The van der Waals surface area contributed by atoms with E-state index in [1.165, 1.54) is 11.1 Å². The molecule has 1 aliphatic rings. The lowest BCUT2D eigenvalue weighted by molar-refractivity contribution is 0.109. The molecule has 22 heavy (non-hydrogen) atoms. The number of phenols is 1. The lowest BCUT2D eigenvalue weighted by Gasteiger charge is -2.18. The van der Waals surface area contributed by atoms with Crippen LogP contribution in [0, 0.1) is 6.92 Å². The number of carbonyl (C=O) groups excluding carboxylic acids is 1. The van der Waals surface area contributed by atoms with Crippen molar-refractivity contribution >= 4 is 17.0 Å². The van der Waals surface area contributed by atoms with Crippen LogP contribution >= 0.6 is 0 Å². The summed E-state index contributed by atoms with van der Waals surface area (Å²) < 4.78 is 5.09. The number of hydrogen-bond acceptors (Lipinski definition) is 4. The second kappa shape index (κ2) is 5.83. The first-order chi connectivity index (χ1) is 10.6. The molecule has 0 spiro atoms. The van der Waals surface area contributed by atoms with Crippen LogP contribution in [0.4, 0.5) is 4.79 Å². The van der Waals surface area contributed by atoms with E-state index >= 15 is 0 Å². The van der Waals surface area contributed by atoms with Gasteiger partial charge in [-0.25, -0.2) is 4.79 Å². The fourth-order valence-electron chi connectivity index (χ4n) is 3.06. The number of rotatable bonds is 1. The third kappa shape index (κ3) is 2.58. The molecule has 3 rings (SSSR count). The molecule has 1 aliphatic heterocycles. The SMILES string of the molecule is CCOC(=O)N1CCc2nc3cc(O)ccc3c(C)c2CC1. The summed E-state index contributed by atoms with van der Waals surface area (Å²) >= 11 is 0. The molecular formula is C17H20N2O3. The highest BCUT2D eigenvalue weighted by molar-refractivity contribution is 5.84. The number of nitrogens with zero attached hydrogens (tertiary/aromatic N) is 2. The van der Waals surface area contributed by atoms with E-state index in [0.717, 1.165) is 23.0 Å². The normalized spacial score (nSPS) is 14.5. The Bertz CT molecular complexity index is 727. The molecule has 2 heterocycles. The van der Waals surface area contributed by atoms with Crippen molar-refractivity contribution in [3.63, 3.8) is 0 Å². The van der Waals surface area contributed by atoms with Gasteiger partial charge in [-0.3, -0.25) is 4.98 Å². The number of aryl methyl sites for hydroxylation is 1. The molecule has 0 aliphatic carbocycles. The number of pyridine rings is 1. The van der Waals surface area contributed by atoms with Crippen LogP contribution in [0.15, 0.2) is 18.2 Å². The molecular weight excluding hydrogens is 280 g/mol. The topological polar surface area (TPSA) is 62.7 Å². The predicted octanol–water partition coefficient (Wildman–Crippen LogP) is 2.81. The number of aromatic hydroxyl groups is 1. The Balaban J connectivity index is 1.96. The van der Waals surface area contributed by atoms with E-state index in [0.29, 0.717) is 26.1 Å². The van der Waals surface area contributed by atoms with Crippen LogP contribution in [0.3, 0.4) is 0 Å². The number of benzene rings is 1. The summed E-state index contributed by atoms with van der Waals surface area (Å²) in [5.74, 6) is 0.223. The van der Waals surface area contributed by atoms with Gasteiger partial charge in [-0.2, -0.15) is 0 Å². The number of ether oxygens (including phenoxy) is 1. The molecule has 1 amide bonds. The third-order valence-corrected chi connectivity index (χ3v) is 4.22. The van der Waals surface area contributed by atoms with E-state index in [9.17, 15) is 9.90 Å². The van der Waals surface area contributed by atoms with Gasteiger partial charge in [0.25, 0.3) is 0 Å². The van der Waals surface area contributed by atoms with Gasteiger partial charge < -0.3 is 14.7 Å². The average Bonchev–Trinajstić information content (AvgIpc) is 2.70. The first kappa shape index (κ1) is 14.6. The number of phenolic OH excluding ortho intramolecular Hbond substituents is 1. The van der Waals surface area contributed by atoms with Crippen molar-refractivity contribution in [1.82, 2.24) is 9.88 Å². The van der Waals surface area contributed by atoms with Crippen LogP contribution in [-0.2, 0) is 17.6 Å². The molecule has 0 saturated heterocycles. The summed E-state index contributed by atoms with van der Waals surface area (Å²) in [6.07, 6.45) is 1.24. The van der Waals surface area contributed by atoms with Gasteiger partial charge in [0.05, 0.1) is 12.1 Å². The van der Waals surface area contributed by atoms with Gasteiger partial charge in [0.15, 0.2) is 0 Å². The molecule has 116 valence electrons. The summed E-state index contributed by atoms with van der Waals surface area (Å²) in [7, 11) is 0. The Kier molecular flexibility index (Phi) is 3.88. The number of carbonyl (C=O) groups is 1. The van der Waals surface area contributed by atoms with Gasteiger partial charge in [0.1, 0.15) is 5.75 Å². The minimum Gasteiger partial charge on any atom is -0.508 e. The van der Waals surface area contributed by atoms with Gasteiger partial charge in [-0.05, 0) is 43.5 Å². The molecule has 2 aromatic rings. The third-order valence-electron chi connectivity index (χ3n) is 4.22. The lowest BCUT2D eigenvalue weighted by Crippen LogP contribution is -2.33. The number of hydrogen-bond donors (Lipinski definition) is 1. The van der Waals surface area contributed by atoms with Crippen molar-refractivity contribution in [2.24, 2.45) is 0 Å². The monoisotopic (exact) mass is 300 g/mol. The standard InChI is InChI=1S/C17H20N2O3/c1-3-22-17(21)19-8-6-14-11(2)13-5-4-12(20)10-16(13)18-15(14)7-9-19/h4-5,10,20H,3,6-9H2,1-2H3. The first-order valence-corrected chi connectivity index (χ1v) is 7.63. The smallest absolute Gasteiger partial charge is 0.409 e. The molecule has 1 aromatic heterocycles. The molecule has 5 nitrogen and oxygen atoms in total. The van der Waals surface area contributed by atoms with Gasteiger partial charge in [0.2, 0.25) is 0 Å². The van der Waals surface area contributed by atoms with Crippen LogP contribution < -0.4 is 0 Å². The van der Waals surface area contributed by atoms with Crippen molar-refractivity contribution in [3.05, 3.63) is 35.0 Å².